The van der Waals surface area contributed by atoms with Gasteiger partial charge in [-0.1, -0.05) is 0 Å². The first kappa shape index (κ1) is 15.1. The van der Waals surface area contributed by atoms with E-state index in [0.717, 1.165) is 25.2 Å². The minimum atomic E-state index is -1.94. The minimum Gasteiger partial charge on any atom is -0.511 e. The molecule has 118 valence electrons. The van der Waals surface area contributed by atoms with E-state index in [-0.39, 0.29) is 17.2 Å². The fraction of sp³-hybridized carbons (Fsp3) is 0.571. The van der Waals surface area contributed by atoms with Gasteiger partial charge in [0, 0.05) is 26.7 Å². The van der Waals surface area contributed by atoms with Gasteiger partial charge < -0.3 is 24.5 Å². The smallest absolute Gasteiger partial charge is 0.511 e. The number of aromatic nitrogens is 1. The largest absolute Gasteiger partial charge is 0.707 e. The molecule has 3 saturated carbocycles. The van der Waals surface area contributed by atoms with Crippen molar-refractivity contribution in [2.24, 2.45) is 5.92 Å². The van der Waals surface area contributed by atoms with Gasteiger partial charge in [-0.15, -0.1) is 0 Å². The molecule has 3 aliphatic rings. The summed E-state index contributed by atoms with van der Waals surface area (Å²) in [6.07, 6.45) is 4.59. The number of carbonyl (C=O) groups excluding carboxylic acids is 1. The third-order valence-corrected chi connectivity index (χ3v) is 4.76. The Morgan fingerprint density at radius 1 is 1.36 bits per heavy atom. The molecule has 7 nitrogen and oxygen atoms in total. The number of hydrogen-bond donors (Lipinski definition) is 2. The van der Waals surface area contributed by atoms with Gasteiger partial charge in [0.25, 0.3) is 5.91 Å². The van der Waals surface area contributed by atoms with Crippen LogP contribution in [0.15, 0.2) is 12.3 Å². The molecule has 4 rings (SSSR count). The summed E-state index contributed by atoms with van der Waals surface area (Å²) < 4.78 is 4.81. The SMILES string of the molecule is CN(C)c1ncc(OB(O)O)cc1C(=O)N(C)C12CC(C1)C2. The van der Waals surface area contributed by atoms with Crippen LogP contribution < -0.4 is 9.55 Å². The van der Waals surface area contributed by atoms with E-state index in [0.29, 0.717) is 11.4 Å². The first-order chi connectivity index (χ1) is 10.3. The zero-order chi connectivity index (χ0) is 16.1. The monoisotopic (exact) mass is 305 g/mol. The van der Waals surface area contributed by atoms with E-state index < -0.39 is 7.32 Å². The molecule has 1 heterocycles. The molecule has 0 aliphatic heterocycles. The molecule has 1 aromatic rings. The number of anilines is 1. The molecule has 22 heavy (non-hydrogen) atoms. The van der Waals surface area contributed by atoms with Crippen LogP contribution in [0.5, 0.6) is 5.75 Å². The summed E-state index contributed by atoms with van der Waals surface area (Å²) in [4.78, 5) is 20.6. The standard InChI is InChI=1S/C14H20BN3O4/c1-17(2)12-11(4-10(8-16-12)22-15(20)21)13(19)18(3)14-5-9(6-14)7-14/h4,8-9,20-21H,5-7H2,1-3H3. The number of nitrogens with zero attached hydrogens (tertiary/aromatic N) is 3. The summed E-state index contributed by atoms with van der Waals surface area (Å²) in [7, 11) is 3.50. The van der Waals surface area contributed by atoms with Gasteiger partial charge in [0.1, 0.15) is 11.6 Å². The van der Waals surface area contributed by atoms with Gasteiger partial charge in [-0.05, 0) is 31.2 Å². The number of pyridine rings is 1. The summed E-state index contributed by atoms with van der Waals surface area (Å²) in [5.74, 6) is 1.34. The molecule has 3 fully saturated rings. The summed E-state index contributed by atoms with van der Waals surface area (Å²) in [5, 5.41) is 17.8. The van der Waals surface area contributed by atoms with Crippen molar-refractivity contribution in [3.05, 3.63) is 17.8 Å². The van der Waals surface area contributed by atoms with Crippen molar-refractivity contribution in [2.75, 3.05) is 26.0 Å². The number of amides is 1. The minimum absolute atomic E-state index is 0.0126. The van der Waals surface area contributed by atoms with Gasteiger partial charge in [0.2, 0.25) is 0 Å². The Kier molecular flexibility index (Phi) is 3.53. The van der Waals surface area contributed by atoms with Crippen molar-refractivity contribution in [3.8, 4) is 5.75 Å². The number of carbonyl (C=O) groups is 1. The fourth-order valence-electron chi connectivity index (χ4n) is 3.38. The Labute approximate surface area is 129 Å². The quantitative estimate of drug-likeness (QED) is 0.752. The average molecular weight is 305 g/mol. The van der Waals surface area contributed by atoms with Crippen molar-refractivity contribution in [1.82, 2.24) is 9.88 Å². The summed E-state index contributed by atoms with van der Waals surface area (Å²) >= 11 is 0. The first-order valence-corrected chi connectivity index (χ1v) is 7.31. The molecule has 2 bridgehead atoms. The van der Waals surface area contributed by atoms with Gasteiger partial charge in [-0.3, -0.25) is 4.79 Å². The van der Waals surface area contributed by atoms with Crippen molar-refractivity contribution in [1.29, 1.82) is 0 Å². The molecule has 1 amide bonds. The molecule has 0 atom stereocenters. The van der Waals surface area contributed by atoms with Crippen LogP contribution in [0, 0.1) is 5.92 Å². The number of rotatable bonds is 5. The van der Waals surface area contributed by atoms with Crippen LogP contribution in [0.1, 0.15) is 29.6 Å². The van der Waals surface area contributed by atoms with Crippen LogP contribution in [0.3, 0.4) is 0 Å². The molecule has 0 aromatic carbocycles. The van der Waals surface area contributed by atoms with E-state index in [4.69, 9.17) is 14.7 Å². The highest BCUT2D eigenvalue weighted by molar-refractivity contribution is 6.33. The molecule has 0 saturated heterocycles. The predicted octanol–water partition coefficient (Wildman–Crippen LogP) is 0.120. The normalized spacial score (nSPS) is 24.9. The second kappa shape index (κ2) is 5.14. The van der Waals surface area contributed by atoms with Crippen molar-refractivity contribution < 1.29 is 19.5 Å². The van der Waals surface area contributed by atoms with Crippen molar-refractivity contribution in [2.45, 2.75) is 24.8 Å². The topological polar surface area (TPSA) is 86.1 Å². The third-order valence-electron chi connectivity index (χ3n) is 4.76. The molecular formula is C14H20BN3O4. The molecule has 3 aliphatic carbocycles. The fourth-order valence-corrected chi connectivity index (χ4v) is 3.38. The lowest BCUT2D eigenvalue weighted by molar-refractivity contribution is -0.114. The second-order valence-electron chi connectivity index (χ2n) is 6.45. The maximum absolute atomic E-state index is 12.9. The highest BCUT2D eigenvalue weighted by Gasteiger charge is 2.60. The third kappa shape index (κ3) is 2.32. The molecular weight excluding hydrogens is 285 g/mol. The highest BCUT2D eigenvalue weighted by Crippen LogP contribution is 2.60. The van der Waals surface area contributed by atoms with Crippen LogP contribution in [0.25, 0.3) is 0 Å². The van der Waals surface area contributed by atoms with Crippen molar-refractivity contribution >= 4 is 19.0 Å². The van der Waals surface area contributed by atoms with Gasteiger partial charge >= 0.3 is 7.32 Å². The van der Waals surface area contributed by atoms with E-state index in [1.54, 1.807) is 9.80 Å². The molecule has 2 N–H and O–H groups in total. The van der Waals surface area contributed by atoms with E-state index in [1.165, 1.54) is 12.3 Å². The summed E-state index contributed by atoms with van der Waals surface area (Å²) in [6.45, 7) is 0. The molecule has 0 unspecified atom stereocenters. The van der Waals surface area contributed by atoms with Crippen LogP contribution >= 0.6 is 0 Å². The van der Waals surface area contributed by atoms with E-state index >= 15 is 0 Å². The zero-order valence-electron chi connectivity index (χ0n) is 13.0. The summed E-state index contributed by atoms with van der Waals surface area (Å²) in [5.41, 5.74) is 0.411. The average Bonchev–Trinajstić information content (AvgIpc) is 2.32. The number of hydrogen-bond acceptors (Lipinski definition) is 6. The lowest BCUT2D eigenvalue weighted by Gasteiger charge is -2.65. The molecule has 0 spiro atoms. The maximum atomic E-state index is 12.9. The second-order valence-corrected chi connectivity index (χ2v) is 6.45. The van der Waals surface area contributed by atoms with Crippen LogP contribution in [-0.4, -0.2) is 59.8 Å². The van der Waals surface area contributed by atoms with Crippen LogP contribution in [0.4, 0.5) is 5.82 Å². The lowest BCUT2D eigenvalue weighted by Crippen LogP contribution is -2.68. The first-order valence-electron chi connectivity index (χ1n) is 7.31. The maximum Gasteiger partial charge on any atom is 0.707 e. The highest BCUT2D eigenvalue weighted by atomic mass is 16.6. The van der Waals surface area contributed by atoms with Gasteiger partial charge in [-0.25, -0.2) is 4.98 Å². The van der Waals surface area contributed by atoms with Gasteiger partial charge in [-0.2, -0.15) is 0 Å². The predicted molar refractivity (Wildman–Crippen MR) is 81.5 cm³/mol. The lowest BCUT2D eigenvalue weighted by atomic mass is 9.49. The van der Waals surface area contributed by atoms with Gasteiger partial charge in [0.15, 0.2) is 0 Å². The van der Waals surface area contributed by atoms with E-state index in [2.05, 4.69) is 4.98 Å². The Balaban J connectivity index is 1.90. The Hall–Kier alpha value is -1.80. The Morgan fingerprint density at radius 2 is 2.00 bits per heavy atom. The van der Waals surface area contributed by atoms with Crippen LogP contribution in [0.2, 0.25) is 0 Å². The summed E-state index contributed by atoms with van der Waals surface area (Å²) in [6, 6.07) is 1.51. The zero-order valence-corrected chi connectivity index (χ0v) is 13.0. The molecule has 1 aromatic heterocycles. The van der Waals surface area contributed by atoms with Crippen molar-refractivity contribution in [3.63, 3.8) is 0 Å². The molecule has 0 radical (unpaired) electrons. The van der Waals surface area contributed by atoms with Crippen LogP contribution in [-0.2, 0) is 0 Å². The van der Waals surface area contributed by atoms with E-state index in [1.807, 2.05) is 21.1 Å². The van der Waals surface area contributed by atoms with E-state index in [9.17, 15) is 4.79 Å². The Morgan fingerprint density at radius 3 is 2.45 bits per heavy atom. The Bertz CT molecular complexity index is 591. The van der Waals surface area contributed by atoms with Gasteiger partial charge in [0.05, 0.1) is 11.8 Å². The molecule has 8 heteroatoms.